The molecule has 0 aliphatic rings. The molecule has 2 unspecified atom stereocenters. The van der Waals surface area contributed by atoms with Crippen molar-refractivity contribution in [3.05, 3.63) is 0 Å². The SMILES string of the molecule is CCO[SiH](CCCCC(C)(CCCC(CC)N=C=O)[SiH](OC)OC)OCC. The van der Waals surface area contributed by atoms with Crippen molar-refractivity contribution in [2.75, 3.05) is 27.4 Å². The fraction of sp³-hybridized carbons (Fsp3) is 0.947. The lowest BCUT2D eigenvalue weighted by molar-refractivity contribution is 0.211. The molecule has 0 fully saturated rings. The normalized spacial score (nSPS) is 15.0. The van der Waals surface area contributed by atoms with Crippen LogP contribution < -0.4 is 0 Å². The van der Waals surface area contributed by atoms with E-state index in [2.05, 4.69) is 18.8 Å². The highest BCUT2D eigenvalue weighted by atomic mass is 28.3. The van der Waals surface area contributed by atoms with Gasteiger partial charge in [-0.2, -0.15) is 0 Å². The van der Waals surface area contributed by atoms with Gasteiger partial charge in [0, 0.05) is 32.5 Å². The van der Waals surface area contributed by atoms with E-state index in [9.17, 15) is 4.79 Å². The van der Waals surface area contributed by atoms with E-state index in [0.29, 0.717) is 0 Å². The van der Waals surface area contributed by atoms with Gasteiger partial charge in [-0.25, -0.2) is 9.79 Å². The fourth-order valence-corrected chi connectivity index (χ4v) is 7.63. The van der Waals surface area contributed by atoms with Gasteiger partial charge >= 0.3 is 18.6 Å². The molecule has 6 nitrogen and oxygen atoms in total. The molecular weight excluding hydrogens is 378 g/mol. The summed E-state index contributed by atoms with van der Waals surface area (Å²) in [4.78, 5) is 14.4. The van der Waals surface area contributed by atoms with Gasteiger partial charge in [-0.05, 0) is 45.6 Å². The van der Waals surface area contributed by atoms with Crippen molar-refractivity contribution >= 4 is 24.6 Å². The molecule has 160 valence electrons. The first-order chi connectivity index (χ1) is 13.0. The second-order valence-corrected chi connectivity index (χ2v) is 12.3. The minimum absolute atomic E-state index is 0.0704. The molecule has 0 heterocycles. The van der Waals surface area contributed by atoms with Crippen molar-refractivity contribution in [2.45, 2.75) is 89.8 Å². The van der Waals surface area contributed by atoms with E-state index in [1.807, 2.05) is 13.8 Å². The average molecular weight is 420 g/mol. The second kappa shape index (κ2) is 16.6. The van der Waals surface area contributed by atoms with E-state index in [0.717, 1.165) is 64.2 Å². The minimum Gasteiger partial charge on any atom is -0.400 e. The molecule has 2 atom stereocenters. The third-order valence-corrected chi connectivity index (χ3v) is 9.99. The predicted octanol–water partition coefficient (Wildman–Crippen LogP) is 4.01. The molecule has 0 aliphatic heterocycles. The summed E-state index contributed by atoms with van der Waals surface area (Å²) in [5, 5.41) is 0.0704. The van der Waals surface area contributed by atoms with Crippen LogP contribution in [0.25, 0.3) is 0 Å². The Hall–Kier alpha value is -0.346. The molecule has 0 rings (SSSR count). The Kier molecular flexibility index (Phi) is 16.4. The Labute approximate surface area is 169 Å². The maximum Gasteiger partial charge on any atom is 0.327 e. The molecule has 0 bridgehead atoms. The van der Waals surface area contributed by atoms with Gasteiger partial charge < -0.3 is 17.7 Å². The van der Waals surface area contributed by atoms with Crippen LogP contribution in [0.15, 0.2) is 4.99 Å². The standard InChI is InChI=1S/C19H41NO5Si2/c1-7-18(20-17-21)13-12-15-19(4,27(22-5)23-6)14-10-11-16-26(24-8-2)25-9-3/h18,26-27H,7-16H2,1-6H3. The number of hydrogen-bond donors (Lipinski definition) is 0. The third-order valence-electron chi connectivity index (χ3n) is 5.13. The molecule has 0 aromatic rings. The Bertz CT molecular complexity index is 400. The van der Waals surface area contributed by atoms with Crippen molar-refractivity contribution in [2.24, 2.45) is 4.99 Å². The van der Waals surface area contributed by atoms with E-state index >= 15 is 0 Å². The number of unbranched alkanes of at least 4 members (excludes halogenated alkanes) is 1. The van der Waals surface area contributed by atoms with Gasteiger partial charge in [-0.15, -0.1) is 0 Å². The van der Waals surface area contributed by atoms with Gasteiger partial charge in [-0.1, -0.05) is 33.1 Å². The molecular formula is C19H41NO5Si2. The highest BCUT2D eigenvalue weighted by Crippen LogP contribution is 2.42. The first-order valence-corrected chi connectivity index (χ1v) is 13.6. The Morgan fingerprint density at radius 1 is 1.00 bits per heavy atom. The summed E-state index contributed by atoms with van der Waals surface area (Å²) < 4.78 is 23.0. The number of aliphatic imine (C=N–C) groups is 1. The summed E-state index contributed by atoms with van der Waals surface area (Å²) in [6, 6.07) is 1.14. The van der Waals surface area contributed by atoms with Crippen molar-refractivity contribution < 1.29 is 22.5 Å². The van der Waals surface area contributed by atoms with Crippen LogP contribution in [-0.2, 0) is 22.5 Å². The monoisotopic (exact) mass is 419 g/mol. The highest BCUT2D eigenvalue weighted by Gasteiger charge is 2.37. The van der Waals surface area contributed by atoms with Crippen molar-refractivity contribution in [3.8, 4) is 0 Å². The van der Waals surface area contributed by atoms with Crippen LogP contribution in [0.2, 0.25) is 11.1 Å². The lowest BCUT2D eigenvalue weighted by Crippen LogP contribution is -2.35. The number of rotatable bonds is 18. The van der Waals surface area contributed by atoms with Crippen LogP contribution in [0.3, 0.4) is 0 Å². The maximum atomic E-state index is 10.5. The third kappa shape index (κ3) is 11.3. The van der Waals surface area contributed by atoms with E-state index in [1.165, 1.54) is 0 Å². The predicted molar refractivity (Wildman–Crippen MR) is 115 cm³/mol. The number of carbonyl (C=O) groups excluding carboxylic acids is 1. The summed E-state index contributed by atoms with van der Waals surface area (Å²) in [5.74, 6) is 0. The summed E-state index contributed by atoms with van der Waals surface area (Å²) >= 11 is 0. The molecule has 0 amide bonds. The number of nitrogens with zero attached hydrogens (tertiary/aromatic N) is 1. The van der Waals surface area contributed by atoms with Gasteiger partial charge in [-0.3, -0.25) is 0 Å². The molecule has 0 spiro atoms. The average Bonchev–Trinajstić information content (AvgIpc) is 2.65. The van der Waals surface area contributed by atoms with Crippen LogP contribution >= 0.6 is 0 Å². The van der Waals surface area contributed by atoms with E-state index in [1.54, 1.807) is 20.3 Å². The van der Waals surface area contributed by atoms with Gasteiger partial charge in [0.1, 0.15) is 0 Å². The lowest BCUT2D eigenvalue weighted by Gasteiger charge is -2.34. The van der Waals surface area contributed by atoms with Crippen molar-refractivity contribution in [1.82, 2.24) is 0 Å². The summed E-state index contributed by atoms with van der Waals surface area (Å²) in [7, 11) is 0.252. The van der Waals surface area contributed by atoms with Crippen molar-refractivity contribution in [3.63, 3.8) is 0 Å². The smallest absolute Gasteiger partial charge is 0.327 e. The zero-order valence-corrected chi connectivity index (χ0v) is 20.6. The summed E-state index contributed by atoms with van der Waals surface area (Å²) in [6.07, 6.45) is 8.87. The summed E-state index contributed by atoms with van der Waals surface area (Å²) in [5.41, 5.74) is 0. The molecule has 0 saturated carbocycles. The quantitative estimate of drug-likeness (QED) is 0.145. The Morgan fingerprint density at radius 2 is 1.59 bits per heavy atom. The van der Waals surface area contributed by atoms with Crippen molar-refractivity contribution in [1.29, 1.82) is 0 Å². The van der Waals surface area contributed by atoms with E-state index in [-0.39, 0.29) is 11.1 Å². The van der Waals surface area contributed by atoms with Gasteiger partial charge in [0.15, 0.2) is 0 Å². The maximum absolute atomic E-state index is 10.5. The first kappa shape index (κ1) is 26.7. The Morgan fingerprint density at radius 3 is 2.07 bits per heavy atom. The van der Waals surface area contributed by atoms with Crippen LogP contribution in [-0.4, -0.2) is 58.1 Å². The highest BCUT2D eigenvalue weighted by molar-refractivity contribution is 6.48. The van der Waals surface area contributed by atoms with Gasteiger partial charge in [0.25, 0.3) is 0 Å². The molecule has 8 heteroatoms. The zero-order chi connectivity index (χ0) is 20.5. The molecule has 0 N–H and O–H groups in total. The molecule has 0 aliphatic carbocycles. The van der Waals surface area contributed by atoms with Crippen LogP contribution in [0.1, 0.15) is 72.6 Å². The summed E-state index contributed by atoms with van der Waals surface area (Å²) in [6.45, 7) is 9.88. The lowest BCUT2D eigenvalue weighted by atomic mass is 9.95. The minimum atomic E-state index is -1.76. The zero-order valence-electron chi connectivity index (χ0n) is 18.3. The molecule has 0 radical (unpaired) electrons. The van der Waals surface area contributed by atoms with Crippen LogP contribution in [0, 0.1) is 0 Å². The molecule has 0 aromatic heterocycles. The van der Waals surface area contributed by atoms with Crippen LogP contribution in [0.4, 0.5) is 0 Å². The molecule has 0 aromatic carbocycles. The molecule has 27 heavy (non-hydrogen) atoms. The fourth-order valence-electron chi connectivity index (χ4n) is 3.63. The van der Waals surface area contributed by atoms with E-state index in [4.69, 9.17) is 17.7 Å². The number of hydrogen-bond acceptors (Lipinski definition) is 6. The first-order valence-electron chi connectivity index (χ1n) is 10.4. The number of isocyanates is 1. The van der Waals surface area contributed by atoms with E-state index < -0.39 is 18.6 Å². The van der Waals surface area contributed by atoms with Gasteiger partial charge in [0.05, 0.1) is 6.04 Å². The second-order valence-electron chi connectivity index (χ2n) is 7.22. The largest absolute Gasteiger partial charge is 0.400 e. The Balaban J connectivity index is 4.62. The molecule has 0 saturated heterocycles. The van der Waals surface area contributed by atoms with Crippen LogP contribution in [0.5, 0.6) is 0 Å². The topological polar surface area (TPSA) is 66.4 Å². The van der Waals surface area contributed by atoms with Gasteiger partial charge in [0.2, 0.25) is 6.08 Å².